The van der Waals surface area contributed by atoms with Gasteiger partial charge >= 0.3 is 5.97 Å². The molecule has 132 valence electrons. The second-order valence-corrected chi connectivity index (χ2v) is 8.80. The molecular formula is C20H28O4. The second-order valence-electron chi connectivity index (χ2n) is 8.80. The lowest BCUT2D eigenvalue weighted by molar-refractivity contribution is -0.218. The van der Waals surface area contributed by atoms with Crippen molar-refractivity contribution in [2.75, 3.05) is 7.11 Å². The monoisotopic (exact) mass is 332 g/mol. The van der Waals surface area contributed by atoms with E-state index in [0.717, 1.165) is 24.8 Å². The van der Waals surface area contributed by atoms with E-state index >= 15 is 0 Å². The van der Waals surface area contributed by atoms with E-state index in [-0.39, 0.29) is 40.5 Å². The summed E-state index contributed by atoms with van der Waals surface area (Å²) in [5, 5.41) is 0. The van der Waals surface area contributed by atoms with E-state index in [1.807, 2.05) is 6.92 Å². The van der Waals surface area contributed by atoms with Crippen LogP contribution < -0.4 is 0 Å². The smallest absolute Gasteiger partial charge is 0.306 e. The first-order valence-corrected chi connectivity index (χ1v) is 9.32. The number of ether oxygens (including phenoxy) is 2. The number of rotatable bonds is 1. The van der Waals surface area contributed by atoms with Gasteiger partial charge in [0.15, 0.2) is 5.76 Å². The zero-order valence-electron chi connectivity index (χ0n) is 15.2. The minimum atomic E-state index is -0.292. The van der Waals surface area contributed by atoms with Gasteiger partial charge in [0.25, 0.3) is 0 Å². The molecule has 0 aromatic carbocycles. The molecule has 0 amide bonds. The fraction of sp³-hybridized carbons (Fsp3) is 0.800. The second kappa shape index (κ2) is 5.09. The van der Waals surface area contributed by atoms with Gasteiger partial charge in [0.1, 0.15) is 6.10 Å². The van der Waals surface area contributed by atoms with E-state index in [9.17, 15) is 9.59 Å². The number of methoxy groups -OCH3 is 1. The summed E-state index contributed by atoms with van der Waals surface area (Å²) in [6.07, 6.45) is 5.78. The Morgan fingerprint density at radius 2 is 1.96 bits per heavy atom. The van der Waals surface area contributed by atoms with E-state index in [0.29, 0.717) is 18.1 Å². The third kappa shape index (κ3) is 1.80. The van der Waals surface area contributed by atoms with E-state index in [1.165, 1.54) is 12.8 Å². The van der Waals surface area contributed by atoms with Crippen LogP contribution in [-0.4, -0.2) is 25.0 Å². The minimum absolute atomic E-state index is 0.00688. The van der Waals surface area contributed by atoms with Crippen LogP contribution in [0.4, 0.5) is 0 Å². The molecule has 1 aliphatic heterocycles. The van der Waals surface area contributed by atoms with Gasteiger partial charge < -0.3 is 9.47 Å². The topological polar surface area (TPSA) is 52.6 Å². The predicted molar refractivity (Wildman–Crippen MR) is 89.0 cm³/mol. The number of ketones is 1. The van der Waals surface area contributed by atoms with Gasteiger partial charge in [-0.15, -0.1) is 0 Å². The van der Waals surface area contributed by atoms with Crippen LogP contribution >= 0.6 is 0 Å². The largest absolute Gasteiger partial charge is 0.493 e. The normalized spacial score (nSPS) is 47.7. The highest BCUT2D eigenvalue weighted by Gasteiger charge is 2.68. The maximum atomic E-state index is 13.5. The van der Waals surface area contributed by atoms with E-state index < -0.39 is 0 Å². The molecule has 6 unspecified atom stereocenters. The molecule has 0 aromatic rings. The molecular weight excluding hydrogens is 304 g/mol. The summed E-state index contributed by atoms with van der Waals surface area (Å²) in [6, 6.07) is 0. The molecule has 4 aliphatic rings. The Morgan fingerprint density at radius 1 is 1.21 bits per heavy atom. The van der Waals surface area contributed by atoms with Crippen LogP contribution in [0.15, 0.2) is 11.3 Å². The van der Waals surface area contributed by atoms with Gasteiger partial charge in [-0.05, 0) is 43.1 Å². The number of hydrogen-bond donors (Lipinski definition) is 0. The first-order valence-electron chi connectivity index (χ1n) is 9.32. The number of carbonyl (C=O) groups is 2. The molecule has 0 bridgehead atoms. The maximum absolute atomic E-state index is 13.5. The van der Waals surface area contributed by atoms with E-state index in [2.05, 4.69) is 13.8 Å². The van der Waals surface area contributed by atoms with Gasteiger partial charge in [0.05, 0.1) is 13.5 Å². The average molecular weight is 332 g/mol. The highest BCUT2D eigenvalue weighted by atomic mass is 16.5. The van der Waals surface area contributed by atoms with Crippen LogP contribution in [-0.2, 0) is 19.1 Å². The summed E-state index contributed by atoms with van der Waals surface area (Å²) in [5.41, 5.74) is 0.646. The van der Waals surface area contributed by atoms with Crippen LogP contribution in [0.1, 0.15) is 59.3 Å². The number of carbonyl (C=O) groups excluding carboxylic acids is 2. The summed E-state index contributed by atoms with van der Waals surface area (Å²) in [5.74, 6) is 0.937. The van der Waals surface area contributed by atoms with E-state index in [4.69, 9.17) is 9.47 Å². The van der Waals surface area contributed by atoms with Crippen molar-refractivity contribution in [2.24, 2.45) is 28.6 Å². The number of allylic oxidation sites excluding steroid dienone is 2. The van der Waals surface area contributed by atoms with Crippen LogP contribution in [0.2, 0.25) is 0 Å². The molecule has 0 N–H and O–H groups in total. The fourth-order valence-electron chi connectivity index (χ4n) is 6.75. The third-order valence-corrected chi connectivity index (χ3v) is 7.89. The average Bonchev–Trinajstić information content (AvgIpc) is 2.52. The van der Waals surface area contributed by atoms with Crippen molar-refractivity contribution in [1.29, 1.82) is 0 Å². The molecule has 4 nitrogen and oxygen atoms in total. The van der Waals surface area contributed by atoms with E-state index in [1.54, 1.807) is 7.11 Å². The molecule has 4 rings (SSSR count). The lowest BCUT2D eigenvalue weighted by Gasteiger charge is -2.64. The molecule has 3 aliphatic carbocycles. The molecule has 4 heteroatoms. The first-order chi connectivity index (χ1) is 11.3. The van der Waals surface area contributed by atoms with Crippen LogP contribution in [0.3, 0.4) is 0 Å². The van der Waals surface area contributed by atoms with Crippen LogP contribution in [0, 0.1) is 28.6 Å². The predicted octanol–water partition coefficient (Wildman–Crippen LogP) is 3.64. The number of esters is 1. The Morgan fingerprint density at radius 3 is 2.67 bits per heavy atom. The molecule has 1 saturated heterocycles. The van der Waals surface area contributed by atoms with Crippen molar-refractivity contribution < 1.29 is 19.1 Å². The quantitative estimate of drug-likeness (QED) is 0.688. The van der Waals surface area contributed by atoms with Crippen molar-refractivity contribution in [2.45, 2.75) is 65.4 Å². The summed E-state index contributed by atoms with van der Waals surface area (Å²) in [7, 11) is 1.58. The molecule has 0 aromatic heterocycles. The Labute approximate surface area is 144 Å². The molecule has 24 heavy (non-hydrogen) atoms. The van der Waals surface area contributed by atoms with Gasteiger partial charge in [0, 0.05) is 17.3 Å². The van der Waals surface area contributed by atoms with Crippen molar-refractivity contribution in [3.63, 3.8) is 0 Å². The fourth-order valence-corrected chi connectivity index (χ4v) is 6.75. The zero-order valence-corrected chi connectivity index (χ0v) is 15.2. The lowest BCUT2D eigenvalue weighted by Crippen LogP contribution is -2.66. The number of fused-ring (bicyclic) bond motifs is 2. The molecule has 0 spiro atoms. The van der Waals surface area contributed by atoms with Gasteiger partial charge in [-0.1, -0.05) is 26.7 Å². The van der Waals surface area contributed by atoms with Crippen molar-refractivity contribution in [1.82, 2.24) is 0 Å². The van der Waals surface area contributed by atoms with Gasteiger partial charge in [-0.2, -0.15) is 0 Å². The Balaban J connectivity index is 1.92. The van der Waals surface area contributed by atoms with Gasteiger partial charge in [0.2, 0.25) is 5.78 Å². The number of hydrogen-bond acceptors (Lipinski definition) is 4. The van der Waals surface area contributed by atoms with Crippen LogP contribution in [0.5, 0.6) is 0 Å². The Hall–Kier alpha value is -1.32. The standard InChI is InChI=1S/C20H28O4/c1-11-13-10-15(21)24-14-9-12-7-5-6-8-19(12,2)18(20(13,14)3)16(22)17(11)23-4/h12-14,18H,5-10H2,1-4H3. The molecule has 2 saturated carbocycles. The lowest BCUT2D eigenvalue weighted by atomic mass is 9.41. The van der Waals surface area contributed by atoms with Crippen molar-refractivity contribution in [3.8, 4) is 0 Å². The SMILES string of the molecule is COC1=C(C)C2CC(=O)OC3CC4CCCCC4(C)C(C1=O)C32C. The maximum Gasteiger partial charge on any atom is 0.306 e. The van der Waals surface area contributed by atoms with Crippen LogP contribution in [0.25, 0.3) is 0 Å². The van der Waals surface area contributed by atoms with Crippen molar-refractivity contribution in [3.05, 3.63) is 11.3 Å². The first kappa shape index (κ1) is 16.2. The highest BCUT2D eigenvalue weighted by Crippen LogP contribution is 2.67. The summed E-state index contributed by atoms with van der Waals surface area (Å²) in [6.45, 7) is 6.47. The number of Topliss-reactive ketones (excluding diaryl/α,β-unsaturated/α-hetero) is 1. The summed E-state index contributed by atoms with van der Waals surface area (Å²) in [4.78, 5) is 25.7. The Bertz CT molecular complexity index is 636. The molecule has 1 heterocycles. The zero-order chi connectivity index (χ0) is 17.3. The third-order valence-electron chi connectivity index (χ3n) is 7.89. The molecule has 0 radical (unpaired) electrons. The molecule has 6 atom stereocenters. The summed E-state index contributed by atoms with van der Waals surface area (Å²) >= 11 is 0. The Kier molecular flexibility index (Phi) is 3.43. The van der Waals surface area contributed by atoms with Gasteiger partial charge in [-0.25, -0.2) is 0 Å². The highest BCUT2D eigenvalue weighted by molar-refractivity contribution is 5.99. The summed E-state index contributed by atoms with van der Waals surface area (Å²) < 4.78 is 11.4. The van der Waals surface area contributed by atoms with Gasteiger partial charge in [-0.3, -0.25) is 9.59 Å². The minimum Gasteiger partial charge on any atom is -0.493 e. The van der Waals surface area contributed by atoms with Crippen molar-refractivity contribution >= 4 is 11.8 Å². The molecule has 3 fully saturated rings.